The molecule has 0 heterocycles. The van der Waals surface area contributed by atoms with E-state index in [1.54, 1.807) is 11.8 Å². The van der Waals surface area contributed by atoms with E-state index in [0.717, 1.165) is 11.5 Å². The largest absolute Gasteiger partial charge is 0.480 e. The van der Waals surface area contributed by atoms with Gasteiger partial charge in [-0.1, -0.05) is 6.92 Å². The molecule has 0 rings (SSSR count). The Balaban J connectivity index is 3.50. The molecule has 3 N–H and O–H groups in total. The van der Waals surface area contributed by atoms with Gasteiger partial charge in [0.2, 0.25) is 0 Å². The Morgan fingerprint density at radius 3 is 2.64 bits per heavy atom. The number of hydrogen-bond donors (Lipinski definition) is 3. The van der Waals surface area contributed by atoms with Crippen LogP contribution in [0.2, 0.25) is 0 Å². The molecular weight excluding hydrogens is 204 g/mol. The molecule has 0 radical (unpaired) electrons. The monoisotopic (exact) mass is 220 g/mol. The molecule has 0 saturated heterocycles. The van der Waals surface area contributed by atoms with Gasteiger partial charge < -0.3 is 15.7 Å². The average molecular weight is 220 g/mol. The van der Waals surface area contributed by atoms with Crippen molar-refractivity contribution in [2.75, 3.05) is 18.1 Å². The van der Waals surface area contributed by atoms with Crippen molar-refractivity contribution >= 4 is 23.8 Å². The first-order valence-corrected chi connectivity index (χ1v) is 5.58. The Kier molecular flexibility index (Phi) is 7.00. The summed E-state index contributed by atoms with van der Waals surface area (Å²) in [5.41, 5.74) is 0. The number of carbonyl (C=O) groups excluding carboxylic acids is 1. The Bertz CT molecular complexity index is 199. The standard InChI is InChI=1S/C8H16N2O3S/c1-3-14-5-4-9-8(13)10-6(2)7(11)12/h6H,3-5H2,1-2H3,(H,11,12)(H2,9,10,13). The highest BCUT2D eigenvalue weighted by atomic mass is 32.2. The number of carbonyl (C=O) groups is 2. The summed E-state index contributed by atoms with van der Waals surface area (Å²) in [7, 11) is 0. The zero-order valence-electron chi connectivity index (χ0n) is 8.37. The van der Waals surface area contributed by atoms with E-state index in [1.165, 1.54) is 6.92 Å². The number of nitrogens with one attached hydrogen (secondary N) is 2. The molecule has 0 aliphatic rings. The van der Waals surface area contributed by atoms with E-state index in [4.69, 9.17) is 5.11 Å². The van der Waals surface area contributed by atoms with E-state index < -0.39 is 18.0 Å². The molecule has 1 unspecified atom stereocenters. The average Bonchev–Trinajstić information content (AvgIpc) is 2.12. The summed E-state index contributed by atoms with van der Waals surface area (Å²) < 4.78 is 0. The number of hydrogen-bond acceptors (Lipinski definition) is 3. The fraction of sp³-hybridized carbons (Fsp3) is 0.750. The van der Waals surface area contributed by atoms with Crippen molar-refractivity contribution in [3.63, 3.8) is 0 Å². The van der Waals surface area contributed by atoms with E-state index >= 15 is 0 Å². The molecule has 0 saturated carbocycles. The highest BCUT2D eigenvalue weighted by Crippen LogP contribution is 1.94. The van der Waals surface area contributed by atoms with Gasteiger partial charge in [0.1, 0.15) is 6.04 Å². The summed E-state index contributed by atoms with van der Waals surface area (Å²) in [5, 5.41) is 13.4. The minimum Gasteiger partial charge on any atom is -0.480 e. The van der Waals surface area contributed by atoms with Crippen LogP contribution in [0.3, 0.4) is 0 Å². The molecular formula is C8H16N2O3S. The van der Waals surface area contributed by atoms with Gasteiger partial charge in [0.05, 0.1) is 0 Å². The van der Waals surface area contributed by atoms with Crippen LogP contribution in [0.15, 0.2) is 0 Å². The molecule has 5 nitrogen and oxygen atoms in total. The molecule has 0 fully saturated rings. The molecule has 1 atom stereocenters. The van der Waals surface area contributed by atoms with Gasteiger partial charge >= 0.3 is 12.0 Å². The molecule has 0 spiro atoms. The van der Waals surface area contributed by atoms with E-state index in [-0.39, 0.29) is 0 Å². The van der Waals surface area contributed by atoms with Crippen LogP contribution in [0, 0.1) is 0 Å². The zero-order valence-corrected chi connectivity index (χ0v) is 9.19. The first-order chi connectivity index (χ1) is 6.57. The second-order valence-corrected chi connectivity index (χ2v) is 4.05. The fourth-order valence-corrected chi connectivity index (χ4v) is 1.23. The summed E-state index contributed by atoms with van der Waals surface area (Å²) in [4.78, 5) is 21.4. The number of rotatable bonds is 6. The van der Waals surface area contributed by atoms with Gasteiger partial charge in [0.15, 0.2) is 0 Å². The fourth-order valence-electron chi connectivity index (χ4n) is 0.690. The molecule has 14 heavy (non-hydrogen) atoms. The Morgan fingerprint density at radius 2 is 2.14 bits per heavy atom. The van der Waals surface area contributed by atoms with Gasteiger partial charge in [-0.05, 0) is 12.7 Å². The minimum absolute atomic E-state index is 0.434. The number of aliphatic carboxylic acids is 1. The molecule has 6 heteroatoms. The first-order valence-electron chi connectivity index (χ1n) is 4.42. The van der Waals surface area contributed by atoms with Gasteiger partial charge in [-0.15, -0.1) is 0 Å². The van der Waals surface area contributed by atoms with Crippen LogP contribution in [0.1, 0.15) is 13.8 Å². The molecule has 0 aromatic rings. The molecule has 0 bridgehead atoms. The maximum atomic E-state index is 11.0. The summed E-state index contributed by atoms with van der Waals surface area (Å²) in [6, 6.07) is -1.29. The van der Waals surface area contributed by atoms with Gasteiger partial charge in [0.25, 0.3) is 0 Å². The lowest BCUT2D eigenvalue weighted by Crippen LogP contribution is -2.44. The first kappa shape index (κ1) is 13.1. The van der Waals surface area contributed by atoms with E-state index in [2.05, 4.69) is 10.6 Å². The van der Waals surface area contributed by atoms with Crippen molar-refractivity contribution < 1.29 is 14.7 Å². The van der Waals surface area contributed by atoms with Crippen LogP contribution in [0.4, 0.5) is 4.79 Å². The Morgan fingerprint density at radius 1 is 1.50 bits per heavy atom. The number of amides is 2. The smallest absolute Gasteiger partial charge is 0.325 e. The lowest BCUT2D eigenvalue weighted by molar-refractivity contribution is -0.138. The summed E-state index contributed by atoms with van der Waals surface area (Å²) in [5.74, 6) is 0.809. The third kappa shape index (κ3) is 6.59. The maximum Gasteiger partial charge on any atom is 0.325 e. The summed E-state index contributed by atoms with van der Waals surface area (Å²) >= 11 is 1.72. The van der Waals surface area contributed by atoms with Gasteiger partial charge in [-0.2, -0.15) is 11.8 Å². The van der Waals surface area contributed by atoms with Crippen LogP contribution >= 0.6 is 11.8 Å². The van der Waals surface area contributed by atoms with E-state index in [0.29, 0.717) is 6.54 Å². The van der Waals surface area contributed by atoms with Crippen molar-refractivity contribution in [2.24, 2.45) is 0 Å². The van der Waals surface area contributed by atoms with Crippen molar-refractivity contribution in [3.05, 3.63) is 0 Å². The molecule has 0 aliphatic heterocycles. The molecule has 0 aliphatic carbocycles. The van der Waals surface area contributed by atoms with Crippen molar-refractivity contribution in [2.45, 2.75) is 19.9 Å². The van der Waals surface area contributed by atoms with Gasteiger partial charge in [-0.3, -0.25) is 4.79 Å². The summed E-state index contributed by atoms with van der Waals surface area (Å²) in [6.07, 6.45) is 0. The van der Waals surface area contributed by atoms with Crippen LogP contribution in [-0.4, -0.2) is 41.2 Å². The molecule has 0 aromatic carbocycles. The number of carboxylic acids is 1. The van der Waals surface area contributed by atoms with Crippen LogP contribution in [-0.2, 0) is 4.79 Å². The highest BCUT2D eigenvalue weighted by molar-refractivity contribution is 7.99. The lowest BCUT2D eigenvalue weighted by Gasteiger charge is -2.10. The molecule has 0 aromatic heterocycles. The SMILES string of the molecule is CCSCCNC(=O)NC(C)C(=O)O. The number of thioether (sulfide) groups is 1. The highest BCUT2D eigenvalue weighted by Gasteiger charge is 2.12. The van der Waals surface area contributed by atoms with Crippen LogP contribution in [0.5, 0.6) is 0 Å². The van der Waals surface area contributed by atoms with Crippen LogP contribution in [0.25, 0.3) is 0 Å². The van der Waals surface area contributed by atoms with Crippen molar-refractivity contribution in [1.29, 1.82) is 0 Å². The minimum atomic E-state index is -1.04. The number of carboxylic acid groups (broad SMARTS) is 1. The predicted molar refractivity (Wildman–Crippen MR) is 56.6 cm³/mol. The zero-order chi connectivity index (χ0) is 11.0. The Hall–Kier alpha value is -0.910. The normalized spacial score (nSPS) is 11.9. The second kappa shape index (κ2) is 7.49. The van der Waals surface area contributed by atoms with Crippen molar-refractivity contribution in [3.8, 4) is 0 Å². The Labute approximate surface area is 87.6 Å². The third-order valence-corrected chi connectivity index (χ3v) is 2.36. The quantitative estimate of drug-likeness (QED) is 0.570. The topological polar surface area (TPSA) is 78.4 Å². The molecule has 82 valence electrons. The third-order valence-electron chi connectivity index (χ3n) is 1.45. The van der Waals surface area contributed by atoms with Crippen LogP contribution < -0.4 is 10.6 Å². The maximum absolute atomic E-state index is 11.0. The number of urea groups is 1. The predicted octanol–water partition coefficient (Wildman–Crippen LogP) is 0.512. The van der Waals surface area contributed by atoms with E-state index in [1.807, 2.05) is 6.92 Å². The lowest BCUT2D eigenvalue weighted by atomic mass is 10.3. The van der Waals surface area contributed by atoms with E-state index in [9.17, 15) is 9.59 Å². The van der Waals surface area contributed by atoms with Gasteiger partial charge in [0, 0.05) is 12.3 Å². The second-order valence-electron chi connectivity index (χ2n) is 2.66. The molecule has 2 amide bonds. The van der Waals surface area contributed by atoms with Gasteiger partial charge in [-0.25, -0.2) is 4.79 Å². The summed E-state index contributed by atoms with van der Waals surface area (Å²) in [6.45, 7) is 4.01. The van der Waals surface area contributed by atoms with Crippen molar-refractivity contribution in [1.82, 2.24) is 10.6 Å².